The molecule has 12 heteroatoms. The van der Waals surface area contributed by atoms with E-state index in [0.29, 0.717) is 56.0 Å². The van der Waals surface area contributed by atoms with E-state index in [4.69, 9.17) is 31.0 Å². The highest BCUT2D eigenvalue weighted by Crippen LogP contribution is 2.43. The van der Waals surface area contributed by atoms with Gasteiger partial charge in [0.25, 0.3) is 0 Å². The van der Waals surface area contributed by atoms with Gasteiger partial charge in [0.1, 0.15) is 18.5 Å². The smallest absolute Gasteiger partial charge is 0.321 e. The maximum Gasteiger partial charge on any atom is 0.321 e. The molecular formula is C30H35ClN8O3. The molecule has 1 aromatic carbocycles. The standard InChI is InChI=1S/C30H35ClN8O3/c1-4-25(40)39-13-12-38(16-19(39)9-10-32)28-21-7-8-24(26-22-15-33-36-23(22)14-18(2)27(26)31)42-29(21)35-30(34-28)41-17-20-6-5-11-37(20)3/h4,14-15,19-20,24H,1,5-9,11-13,16-17H2,2-3H3,(H,33,36)/t19-,20?,24?/m0/s1. The molecule has 3 aromatic rings. The highest BCUT2D eigenvalue weighted by atomic mass is 35.5. The van der Waals surface area contributed by atoms with Gasteiger partial charge >= 0.3 is 6.01 Å². The molecule has 0 spiro atoms. The summed E-state index contributed by atoms with van der Waals surface area (Å²) in [7, 11) is 2.11. The van der Waals surface area contributed by atoms with Crippen molar-refractivity contribution in [2.75, 3.05) is 44.7 Å². The number of nitrogens with one attached hydrogen (secondary N) is 1. The zero-order valence-corrected chi connectivity index (χ0v) is 24.7. The lowest BCUT2D eigenvalue weighted by atomic mass is 9.95. The maximum absolute atomic E-state index is 12.5. The number of ether oxygens (including phenoxy) is 2. The highest BCUT2D eigenvalue weighted by Gasteiger charge is 2.35. The van der Waals surface area contributed by atoms with E-state index in [1.54, 1.807) is 11.1 Å². The molecule has 0 radical (unpaired) electrons. The van der Waals surface area contributed by atoms with Crippen LogP contribution in [-0.4, -0.2) is 87.8 Å². The molecule has 2 fully saturated rings. The predicted octanol–water partition coefficient (Wildman–Crippen LogP) is 3.97. The van der Waals surface area contributed by atoms with E-state index in [0.717, 1.165) is 52.8 Å². The van der Waals surface area contributed by atoms with Gasteiger partial charge in [-0.1, -0.05) is 18.2 Å². The van der Waals surface area contributed by atoms with Crippen molar-refractivity contribution in [3.8, 4) is 18.0 Å². The first kappa shape index (κ1) is 28.2. The number of likely N-dealkylation sites (tertiary alicyclic amines) is 1. The van der Waals surface area contributed by atoms with Crippen LogP contribution in [0.1, 0.15) is 48.5 Å². The summed E-state index contributed by atoms with van der Waals surface area (Å²) in [6, 6.07) is 4.50. The van der Waals surface area contributed by atoms with Gasteiger partial charge in [0.2, 0.25) is 11.8 Å². The average Bonchev–Trinajstić information content (AvgIpc) is 3.63. The van der Waals surface area contributed by atoms with Gasteiger partial charge in [-0.25, -0.2) is 0 Å². The van der Waals surface area contributed by atoms with Crippen LogP contribution >= 0.6 is 11.6 Å². The average molecular weight is 591 g/mol. The molecule has 1 amide bonds. The van der Waals surface area contributed by atoms with Crippen LogP contribution in [0.25, 0.3) is 10.9 Å². The van der Waals surface area contributed by atoms with Crippen molar-refractivity contribution >= 4 is 34.2 Å². The number of aryl methyl sites for hydroxylation is 1. The maximum atomic E-state index is 12.5. The quantitative estimate of drug-likeness (QED) is 0.407. The Morgan fingerprint density at radius 1 is 1.31 bits per heavy atom. The summed E-state index contributed by atoms with van der Waals surface area (Å²) in [6.07, 6.45) is 6.52. The van der Waals surface area contributed by atoms with E-state index in [1.807, 2.05) is 13.0 Å². The van der Waals surface area contributed by atoms with Crippen LogP contribution in [0.5, 0.6) is 11.9 Å². The number of likely N-dealkylation sites (N-methyl/N-ethyl adjacent to an activating group) is 1. The number of carbonyl (C=O) groups excluding carboxylic acids is 1. The minimum absolute atomic E-state index is 0.170. The minimum atomic E-state index is -0.324. The first-order valence-corrected chi connectivity index (χ1v) is 14.8. The van der Waals surface area contributed by atoms with E-state index >= 15 is 0 Å². The number of anilines is 1. The second kappa shape index (κ2) is 11.8. The number of amides is 1. The molecule has 2 saturated heterocycles. The van der Waals surface area contributed by atoms with Crippen LogP contribution in [0, 0.1) is 18.3 Å². The molecular weight excluding hydrogens is 556 g/mol. The Labute approximate surface area is 250 Å². The number of H-pyrrole nitrogens is 1. The number of hydrogen-bond acceptors (Lipinski definition) is 9. The molecule has 2 aromatic heterocycles. The summed E-state index contributed by atoms with van der Waals surface area (Å²) in [5.41, 5.74) is 3.64. The Kier molecular flexibility index (Phi) is 7.92. The third-order valence-electron chi connectivity index (χ3n) is 8.70. The van der Waals surface area contributed by atoms with E-state index in [9.17, 15) is 10.1 Å². The summed E-state index contributed by atoms with van der Waals surface area (Å²) in [5.74, 6) is 1.03. The molecule has 3 aliphatic heterocycles. The fraction of sp³-hybridized carbons (Fsp3) is 0.500. The van der Waals surface area contributed by atoms with E-state index in [-0.39, 0.29) is 30.5 Å². The second-order valence-corrected chi connectivity index (χ2v) is 11.7. The second-order valence-electron chi connectivity index (χ2n) is 11.3. The molecule has 5 heterocycles. The minimum Gasteiger partial charge on any atom is -0.469 e. The Morgan fingerprint density at radius 2 is 2.17 bits per heavy atom. The molecule has 3 atom stereocenters. The van der Waals surface area contributed by atoms with Crippen LogP contribution < -0.4 is 14.4 Å². The van der Waals surface area contributed by atoms with Crippen molar-refractivity contribution in [1.82, 2.24) is 30.0 Å². The van der Waals surface area contributed by atoms with Gasteiger partial charge in [-0.15, -0.1) is 0 Å². The molecule has 1 N–H and O–H groups in total. The number of benzene rings is 1. The topological polar surface area (TPSA) is 124 Å². The number of halogens is 1. The Morgan fingerprint density at radius 3 is 2.93 bits per heavy atom. The van der Waals surface area contributed by atoms with Gasteiger partial charge in [0, 0.05) is 36.6 Å². The molecule has 11 nitrogen and oxygen atoms in total. The summed E-state index contributed by atoms with van der Waals surface area (Å²) in [6.45, 7) is 8.61. The van der Waals surface area contributed by atoms with Gasteiger partial charge in [0.05, 0.1) is 40.8 Å². The van der Waals surface area contributed by atoms with Crippen LogP contribution in [0.3, 0.4) is 0 Å². The van der Waals surface area contributed by atoms with E-state index in [2.05, 4.69) is 39.7 Å². The van der Waals surface area contributed by atoms with Crippen LogP contribution in [0.2, 0.25) is 5.02 Å². The molecule has 220 valence electrons. The highest BCUT2D eigenvalue weighted by molar-refractivity contribution is 6.33. The third-order valence-corrected chi connectivity index (χ3v) is 9.21. The Hall–Kier alpha value is -3.88. The molecule has 0 bridgehead atoms. The Bertz CT molecular complexity index is 1550. The van der Waals surface area contributed by atoms with Crippen molar-refractivity contribution < 1.29 is 14.3 Å². The van der Waals surface area contributed by atoms with Gasteiger partial charge in [-0.05, 0) is 63.9 Å². The van der Waals surface area contributed by atoms with Crippen molar-refractivity contribution in [1.29, 1.82) is 5.26 Å². The number of piperazine rings is 1. The summed E-state index contributed by atoms with van der Waals surface area (Å²) in [5, 5.41) is 18.4. The number of rotatable bonds is 7. The summed E-state index contributed by atoms with van der Waals surface area (Å²) in [4.78, 5) is 28.3. The van der Waals surface area contributed by atoms with E-state index < -0.39 is 0 Å². The van der Waals surface area contributed by atoms with Crippen molar-refractivity contribution in [3.63, 3.8) is 0 Å². The molecule has 2 unspecified atom stereocenters. The van der Waals surface area contributed by atoms with Gasteiger partial charge in [-0.3, -0.25) is 9.89 Å². The Balaban J connectivity index is 1.35. The lowest BCUT2D eigenvalue weighted by molar-refractivity contribution is -0.128. The van der Waals surface area contributed by atoms with Gasteiger partial charge < -0.3 is 24.2 Å². The first-order chi connectivity index (χ1) is 20.4. The van der Waals surface area contributed by atoms with Gasteiger partial charge in [0.15, 0.2) is 0 Å². The number of fused-ring (bicyclic) bond motifs is 2. The van der Waals surface area contributed by atoms with Crippen molar-refractivity contribution in [2.45, 2.75) is 57.2 Å². The molecule has 42 heavy (non-hydrogen) atoms. The fourth-order valence-electron chi connectivity index (χ4n) is 6.39. The largest absolute Gasteiger partial charge is 0.469 e. The lowest BCUT2D eigenvalue weighted by Crippen LogP contribution is -2.55. The fourth-order valence-corrected chi connectivity index (χ4v) is 6.67. The van der Waals surface area contributed by atoms with Crippen LogP contribution in [0.15, 0.2) is 24.9 Å². The monoisotopic (exact) mass is 590 g/mol. The van der Waals surface area contributed by atoms with Gasteiger partial charge in [-0.2, -0.15) is 20.3 Å². The van der Waals surface area contributed by atoms with Crippen molar-refractivity contribution in [3.05, 3.63) is 46.6 Å². The molecule has 3 aliphatic rings. The number of aromatic amines is 1. The SMILES string of the molecule is C=CC(=O)N1CCN(c2nc(OCC3CCCN3C)nc3c2CCC(c2c(Cl)c(C)cc4[nH]ncc24)O3)C[C@@H]1CC#N. The molecule has 6 rings (SSSR count). The predicted molar refractivity (Wildman–Crippen MR) is 159 cm³/mol. The number of nitriles is 1. The normalized spacial score (nSPS) is 22.5. The van der Waals surface area contributed by atoms with Crippen molar-refractivity contribution in [2.24, 2.45) is 0 Å². The summed E-state index contributed by atoms with van der Waals surface area (Å²) < 4.78 is 12.8. The zero-order valence-electron chi connectivity index (χ0n) is 24.0. The van der Waals surface area contributed by atoms with Crippen LogP contribution in [-0.2, 0) is 11.2 Å². The van der Waals surface area contributed by atoms with E-state index in [1.165, 1.54) is 6.08 Å². The number of hydrogen-bond donors (Lipinski definition) is 1. The third kappa shape index (κ3) is 5.25. The molecule has 0 aliphatic carbocycles. The first-order valence-electron chi connectivity index (χ1n) is 14.5. The summed E-state index contributed by atoms with van der Waals surface area (Å²) >= 11 is 6.85. The number of aromatic nitrogens is 4. The lowest BCUT2D eigenvalue weighted by Gasteiger charge is -2.41. The zero-order chi connectivity index (χ0) is 29.4. The van der Waals surface area contributed by atoms with Crippen LogP contribution in [0.4, 0.5) is 5.82 Å². The molecule has 0 saturated carbocycles. The number of nitrogens with zero attached hydrogens (tertiary/aromatic N) is 7. The number of carbonyl (C=O) groups is 1.